The molecule has 0 aliphatic heterocycles. The molecule has 0 saturated heterocycles. The minimum Gasteiger partial charge on any atom is -0.487 e. The van der Waals surface area contributed by atoms with Gasteiger partial charge in [0.25, 0.3) is 0 Å². The van der Waals surface area contributed by atoms with Crippen LogP contribution in [0.25, 0.3) is 0 Å². The van der Waals surface area contributed by atoms with Crippen LogP contribution in [0.15, 0.2) is 66.9 Å². The van der Waals surface area contributed by atoms with E-state index >= 15 is 0 Å². The van der Waals surface area contributed by atoms with Gasteiger partial charge in [0.15, 0.2) is 0 Å². The molecule has 2 aromatic carbocycles. The Hall–Kier alpha value is -3.08. The second kappa shape index (κ2) is 7.26. The zero-order chi connectivity index (χ0) is 15.9. The molecule has 0 radical (unpaired) electrons. The first-order valence-electron chi connectivity index (χ1n) is 7.39. The van der Waals surface area contributed by atoms with Crippen LogP contribution in [0.1, 0.15) is 5.56 Å². The van der Waals surface area contributed by atoms with E-state index in [9.17, 15) is 0 Å². The van der Waals surface area contributed by atoms with Crippen molar-refractivity contribution in [3.05, 3.63) is 72.4 Å². The molecule has 1 aromatic heterocycles. The van der Waals surface area contributed by atoms with Gasteiger partial charge in [-0.25, -0.2) is 4.98 Å². The summed E-state index contributed by atoms with van der Waals surface area (Å²) in [5.41, 5.74) is 1.95. The lowest BCUT2D eigenvalue weighted by atomic mass is 10.2. The van der Waals surface area contributed by atoms with Crippen molar-refractivity contribution in [2.75, 3.05) is 17.7 Å². The summed E-state index contributed by atoms with van der Waals surface area (Å²) < 4.78 is 5.92. The maximum absolute atomic E-state index is 5.92. The number of nitrogens with zero attached hydrogens (tertiary/aromatic N) is 2. The second-order valence-electron chi connectivity index (χ2n) is 4.91. The Balaban J connectivity index is 1.75. The van der Waals surface area contributed by atoms with Gasteiger partial charge in [-0.15, -0.1) is 0 Å². The van der Waals surface area contributed by atoms with Crippen LogP contribution < -0.4 is 15.4 Å². The Labute approximate surface area is 135 Å². The fourth-order valence-corrected chi connectivity index (χ4v) is 2.11. The summed E-state index contributed by atoms with van der Waals surface area (Å²) in [6.45, 7) is 0.511. The molecule has 5 nitrogen and oxygen atoms in total. The second-order valence-corrected chi connectivity index (χ2v) is 4.91. The summed E-state index contributed by atoms with van der Waals surface area (Å²) in [6.07, 6.45) is 1.70. The molecule has 0 saturated carbocycles. The highest BCUT2D eigenvalue weighted by molar-refractivity contribution is 5.62. The van der Waals surface area contributed by atoms with E-state index in [4.69, 9.17) is 4.74 Å². The number of para-hydroxylation sites is 2. The molecule has 0 aliphatic rings. The van der Waals surface area contributed by atoms with E-state index in [1.54, 1.807) is 6.20 Å². The van der Waals surface area contributed by atoms with Crippen LogP contribution in [-0.4, -0.2) is 17.0 Å². The van der Waals surface area contributed by atoms with Crippen LogP contribution >= 0.6 is 0 Å². The lowest BCUT2D eigenvalue weighted by Gasteiger charge is -2.12. The number of benzene rings is 2. The van der Waals surface area contributed by atoms with Crippen LogP contribution in [0.4, 0.5) is 17.5 Å². The average molecular weight is 306 g/mol. The standard InChI is InChI=1S/C18H18N4O/c1-19-17-11-12-20-18(22-17)21-15-9-5-6-10-16(15)23-13-14-7-3-2-4-8-14/h2-12H,13H2,1H3,(H2,19,20,21,22). The molecule has 3 rings (SSSR count). The van der Waals surface area contributed by atoms with E-state index in [0.29, 0.717) is 12.6 Å². The molecule has 0 unspecified atom stereocenters. The number of aromatic nitrogens is 2. The third-order valence-electron chi connectivity index (χ3n) is 3.28. The first-order valence-corrected chi connectivity index (χ1v) is 7.39. The number of rotatable bonds is 6. The first-order chi connectivity index (χ1) is 11.3. The van der Waals surface area contributed by atoms with Gasteiger partial charge < -0.3 is 15.4 Å². The predicted octanol–water partition coefficient (Wildman–Crippen LogP) is 3.84. The van der Waals surface area contributed by atoms with E-state index in [2.05, 4.69) is 20.6 Å². The van der Waals surface area contributed by atoms with Crippen molar-refractivity contribution < 1.29 is 4.74 Å². The fraction of sp³-hybridized carbons (Fsp3) is 0.111. The summed E-state index contributed by atoms with van der Waals surface area (Å²) in [6, 6.07) is 19.6. The van der Waals surface area contributed by atoms with E-state index in [0.717, 1.165) is 22.8 Å². The first kappa shape index (κ1) is 14.8. The highest BCUT2D eigenvalue weighted by Crippen LogP contribution is 2.27. The number of hydrogen-bond donors (Lipinski definition) is 2. The van der Waals surface area contributed by atoms with Crippen molar-refractivity contribution in [1.82, 2.24) is 9.97 Å². The van der Waals surface area contributed by atoms with Gasteiger partial charge in [-0.3, -0.25) is 0 Å². The molecular weight excluding hydrogens is 288 g/mol. The number of hydrogen-bond acceptors (Lipinski definition) is 5. The molecule has 5 heteroatoms. The molecule has 0 fully saturated rings. The number of ether oxygens (including phenoxy) is 1. The van der Waals surface area contributed by atoms with Crippen LogP contribution in [-0.2, 0) is 6.61 Å². The lowest BCUT2D eigenvalue weighted by molar-refractivity contribution is 0.308. The third kappa shape index (κ3) is 3.97. The molecule has 0 spiro atoms. The molecular formula is C18H18N4O. The van der Waals surface area contributed by atoms with E-state index < -0.39 is 0 Å². The van der Waals surface area contributed by atoms with Gasteiger partial charge in [0, 0.05) is 13.2 Å². The highest BCUT2D eigenvalue weighted by Gasteiger charge is 2.06. The minimum absolute atomic E-state index is 0.511. The molecule has 3 aromatic rings. The zero-order valence-corrected chi connectivity index (χ0v) is 12.9. The van der Waals surface area contributed by atoms with Gasteiger partial charge in [0.2, 0.25) is 5.95 Å². The molecule has 0 bridgehead atoms. The zero-order valence-electron chi connectivity index (χ0n) is 12.9. The Bertz CT molecular complexity index is 762. The topological polar surface area (TPSA) is 59.1 Å². The van der Waals surface area contributed by atoms with Crippen LogP contribution in [0.5, 0.6) is 5.75 Å². The summed E-state index contributed by atoms with van der Waals surface area (Å²) >= 11 is 0. The molecule has 0 aliphatic carbocycles. The Morgan fingerprint density at radius 2 is 1.74 bits per heavy atom. The Morgan fingerprint density at radius 3 is 2.57 bits per heavy atom. The largest absolute Gasteiger partial charge is 0.487 e. The van der Waals surface area contributed by atoms with Gasteiger partial charge in [-0.05, 0) is 23.8 Å². The molecule has 0 amide bonds. The van der Waals surface area contributed by atoms with Crippen molar-refractivity contribution in [2.45, 2.75) is 6.61 Å². The minimum atomic E-state index is 0.511. The molecule has 2 N–H and O–H groups in total. The molecule has 116 valence electrons. The van der Waals surface area contributed by atoms with Gasteiger partial charge in [0.05, 0.1) is 5.69 Å². The monoisotopic (exact) mass is 306 g/mol. The smallest absolute Gasteiger partial charge is 0.229 e. The van der Waals surface area contributed by atoms with Gasteiger partial charge >= 0.3 is 0 Å². The third-order valence-corrected chi connectivity index (χ3v) is 3.28. The number of anilines is 3. The van der Waals surface area contributed by atoms with Crippen molar-refractivity contribution >= 4 is 17.5 Å². The SMILES string of the molecule is CNc1ccnc(Nc2ccccc2OCc2ccccc2)n1. The van der Waals surface area contributed by atoms with E-state index in [-0.39, 0.29) is 0 Å². The predicted molar refractivity (Wildman–Crippen MR) is 92.1 cm³/mol. The highest BCUT2D eigenvalue weighted by atomic mass is 16.5. The molecule has 0 atom stereocenters. The summed E-state index contributed by atoms with van der Waals surface area (Å²) in [4.78, 5) is 8.58. The fourth-order valence-electron chi connectivity index (χ4n) is 2.11. The molecule has 23 heavy (non-hydrogen) atoms. The summed E-state index contributed by atoms with van der Waals surface area (Å²) in [5, 5.41) is 6.19. The Kier molecular flexibility index (Phi) is 4.69. The van der Waals surface area contributed by atoms with Gasteiger partial charge in [0.1, 0.15) is 18.2 Å². The van der Waals surface area contributed by atoms with Gasteiger partial charge in [-0.1, -0.05) is 42.5 Å². The summed E-state index contributed by atoms with van der Waals surface area (Å²) in [5.74, 6) is 2.03. The van der Waals surface area contributed by atoms with Crippen molar-refractivity contribution in [2.24, 2.45) is 0 Å². The van der Waals surface area contributed by atoms with Crippen molar-refractivity contribution in [3.8, 4) is 5.75 Å². The van der Waals surface area contributed by atoms with E-state index in [1.807, 2.05) is 67.7 Å². The average Bonchev–Trinajstić information content (AvgIpc) is 2.62. The van der Waals surface area contributed by atoms with Gasteiger partial charge in [-0.2, -0.15) is 4.98 Å². The van der Waals surface area contributed by atoms with E-state index in [1.165, 1.54) is 0 Å². The van der Waals surface area contributed by atoms with Crippen LogP contribution in [0.2, 0.25) is 0 Å². The Morgan fingerprint density at radius 1 is 0.957 bits per heavy atom. The number of nitrogens with one attached hydrogen (secondary N) is 2. The van der Waals surface area contributed by atoms with Crippen LogP contribution in [0, 0.1) is 0 Å². The van der Waals surface area contributed by atoms with Crippen molar-refractivity contribution in [3.63, 3.8) is 0 Å². The summed E-state index contributed by atoms with van der Waals surface area (Å²) in [7, 11) is 1.82. The normalized spacial score (nSPS) is 10.1. The van der Waals surface area contributed by atoms with Crippen LogP contribution in [0.3, 0.4) is 0 Å². The lowest BCUT2D eigenvalue weighted by Crippen LogP contribution is -2.02. The quantitative estimate of drug-likeness (QED) is 0.724. The maximum Gasteiger partial charge on any atom is 0.229 e. The maximum atomic E-state index is 5.92. The molecule has 1 heterocycles. The van der Waals surface area contributed by atoms with Crippen molar-refractivity contribution in [1.29, 1.82) is 0 Å².